The largest absolute Gasteiger partial charge is 0.481 e. The molecule has 0 saturated carbocycles. The van der Waals surface area contributed by atoms with Crippen molar-refractivity contribution in [2.75, 3.05) is 0 Å². The zero-order valence-electron chi connectivity index (χ0n) is 11.2. The molecule has 0 aliphatic heterocycles. The Bertz CT molecular complexity index is 299. The highest BCUT2D eigenvalue weighted by molar-refractivity contribution is 5.71. The molecule has 0 bridgehead atoms. The van der Waals surface area contributed by atoms with Gasteiger partial charge in [-0.3, -0.25) is 4.79 Å². The van der Waals surface area contributed by atoms with Crippen molar-refractivity contribution in [3.8, 4) is 0 Å². The number of allylic oxidation sites excluding steroid dienone is 3. The molecule has 2 unspecified atom stereocenters. The normalized spacial score (nSPS) is 15.2. The van der Waals surface area contributed by atoms with Gasteiger partial charge in [0.25, 0.3) is 0 Å². The molecule has 2 atom stereocenters. The number of aliphatic hydroxyl groups excluding tert-OH is 1. The topological polar surface area (TPSA) is 57.5 Å². The van der Waals surface area contributed by atoms with Crippen LogP contribution in [0.15, 0.2) is 23.3 Å². The second kappa shape index (κ2) is 8.07. The summed E-state index contributed by atoms with van der Waals surface area (Å²) < 4.78 is 0. The Morgan fingerprint density at radius 3 is 2.29 bits per heavy atom. The zero-order chi connectivity index (χ0) is 13.4. The highest BCUT2D eigenvalue weighted by Gasteiger charge is 2.22. The summed E-state index contributed by atoms with van der Waals surface area (Å²) in [6.45, 7) is 7.79. The molecule has 0 aromatic heterocycles. The third-order valence-corrected chi connectivity index (χ3v) is 2.72. The Kier molecular flexibility index (Phi) is 7.55. The monoisotopic (exact) mass is 240 g/mol. The lowest BCUT2D eigenvalue weighted by Crippen LogP contribution is -2.26. The number of aliphatic carboxylic acids is 1. The van der Waals surface area contributed by atoms with Crippen LogP contribution in [0.4, 0.5) is 0 Å². The molecule has 0 aromatic rings. The van der Waals surface area contributed by atoms with E-state index >= 15 is 0 Å². The molecule has 0 radical (unpaired) electrons. The Labute approximate surface area is 104 Å². The van der Waals surface area contributed by atoms with Crippen LogP contribution in [0.2, 0.25) is 0 Å². The van der Waals surface area contributed by atoms with Crippen LogP contribution < -0.4 is 0 Å². The first-order valence-electron chi connectivity index (χ1n) is 6.10. The number of carboxylic acids is 1. The van der Waals surface area contributed by atoms with Crippen LogP contribution in [0.5, 0.6) is 0 Å². The van der Waals surface area contributed by atoms with Gasteiger partial charge in [0.1, 0.15) is 0 Å². The summed E-state index contributed by atoms with van der Waals surface area (Å²) in [5.41, 5.74) is 2.31. The third kappa shape index (κ3) is 6.95. The number of carbonyl (C=O) groups is 1. The molecule has 0 amide bonds. The average molecular weight is 240 g/mol. The van der Waals surface area contributed by atoms with Crippen molar-refractivity contribution in [2.24, 2.45) is 5.92 Å². The second-order valence-electron chi connectivity index (χ2n) is 4.68. The molecule has 0 fully saturated rings. The first-order valence-corrected chi connectivity index (χ1v) is 6.10. The van der Waals surface area contributed by atoms with Gasteiger partial charge in [0.15, 0.2) is 0 Å². The van der Waals surface area contributed by atoms with Gasteiger partial charge in [-0.1, -0.05) is 30.2 Å². The highest BCUT2D eigenvalue weighted by atomic mass is 16.4. The molecule has 2 N–H and O–H groups in total. The van der Waals surface area contributed by atoms with Crippen LogP contribution in [0.3, 0.4) is 0 Å². The molecule has 3 heteroatoms. The molecule has 0 rings (SSSR count). The molecule has 98 valence electrons. The molecular formula is C14H24O3. The Hall–Kier alpha value is -1.09. The maximum Gasteiger partial charge on any atom is 0.309 e. The molecule has 17 heavy (non-hydrogen) atoms. The van der Waals surface area contributed by atoms with Gasteiger partial charge < -0.3 is 10.2 Å². The number of aliphatic hydroxyl groups is 1. The quantitative estimate of drug-likeness (QED) is 0.672. The van der Waals surface area contributed by atoms with Gasteiger partial charge >= 0.3 is 5.97 Å². The molecule has 0 spiro atoms. The van der Waals surface area contributed by atoms with E-state index in [0.29, 0.717) is 6.42 Å². The predicted octanol–water partition coefficient (Wildman–Crippen LogP) is 3.15. The average Bonchev–Trinajstić information content (AvgIpc) is 2.16. The van der Waals surface area contributed by atoms with Crippen molar-refractivity contribution in [3.05, 3.63) is 23.3 Å². The van der Waals surface area contributed by atoms with Crippen molar-refractivity contribution in [3.63, 3.8) is 0 Å². The van der Waals surface area contributed by atoms with E-state index in [4.69, 9.17) is 5.11 Å². The minimum absolute atomic E-state index is 0.439. The number of hydrogen-bond donors (Lipinski definition) is 2. The number of carboxylic acid groups (broad SMARTS) is 1. The molecule has 0 heterocycles. The van der Waals surface area contributed by atoms with E-state index < -0.39 is 18.0 Å². The Morgan fingerprint density at radius 2 is 1.88 bits per heavy atom. The van der Waals surface area contributed by atoms with Crippen LogP contribution in [-0.2, 0) is 4.79 Å². The maximum atomic E-state index is 10.9. The first kappa shape index (κ1) is 15.9. The van der Waals surface area contributed by atoms with E-state index in [1.807, 2.05) is 20.8 Å². The van der Waals surface area contributed by atoms with Gasteiger partial charge in [-0.2, -0.15) is 0 Å². The highest BCUT2D eigenvalue weighted by Crippen LogP contribution is 2.14. The van der Waals surface area contributed by atoms with Crippen molar-refractivity contribution < 1.29 is 15.0 Å². The number of rotatable bonds is 7. The van der Waals surface area contributed by atoms with Crippen LogP contribution in [0, 0.1) is 5.92 Å². The van der Waals surface area contributed by atoms with Crippen molar-refractivity contribution in [1.82, 2.24) is 0 Å². The lowest BCUT2D eigenvalue weighted by atomic mass is 9.97. The zero-order valence-corrected chi connectivity index (χ0v) is 11.2. The van der Waals surface area contributed by atoms with Gasteiger partial charge in [0, 0.05) is 0 Å². The fourth-order valence-corrected chi connectivity index (χ4v) is 1.64. The standard InChI is InChI=1S/C14H24O3/c1-5-12(14(16)17)13(15)9-11(4)8-6-7-10(2)3/h7,9,12-13,15H,5-6,8H2,1-4H3,(H,16,17)/b11-9+. The van der Waals surface area contributed by atoms with Crippen molar-refractivity contribution in [2.45, 2.75) is 53.1 Å². The van der Waals surface area contributed by atoms with E-state index in [-0.39, 0.29) is 0 Å². The van der Waals surface area contributed by atoms with Crippen LogP contribution in [0.25, 0.3) is 0 Å². The maximum absolute atomic E-state index is 10.9. The molecule has 0 aliphatic rings. The molecule has 0 aliphatic carbocycles. The predicted molar refractivity (Wildman–Crippen MR) is 69.8 cm³/mol. The fourth-order valence-electron chi connectivity index (χ4n) is 1.64. The third-order valence-electron chi connectivity index (χ3n) is 2.72. The van der Waals surface area contributed by atoms with Crippen LogP contribution in [0.1, 0.15) is 47.0 Å². The molecule has 3 nitrogen and oxygen atoms in total. The first-order chi connectivity index (χ1) is 7.88. The van der Waals surface area contributed by atoms with E-state index in [0.717, 1.165) is 18.4 Å². The summed E-state index contributed by atoms with van der Waals surface area (Å²) in [7, 11) is 0. The van der Waals surface area contributed by atoms with E-state index in [9.17, 15) is 9.90 Å². The summed E-state index contributed by atoms with van der Waals surface area (Å²) in [6.07, 6.45) is 5.15. The molecular weight excluding hydrogens is 216 g/mol. The summed E-state index contributed by atoms with van der Waals surface area (Å²) in [4.78, 5) is 10.9. The summed E-state index contributed by atoms with van der Waals surface area (Å²) >= 11 is 0. The molecule has 0 aromatic carbocycles. The summed E-state index contributed by atoms with van der Waals surface area (Å²) in [5.74, 6) is -1.64. The van der Waals surface area contributed by atoms with E-state index in [2.05, 4.69) is 6.08 Å². The van der Waals surface area contributed by atoms with Gasteiger partial charge in [0.05, 0.1) is 12.0 Å². The second-order valence-corrected chi connectivity index (χ2v) is 4.68. The smallest absolute Gasteiger partial charge is 0.309 e. The minimum atomic E-state index is -0.937. The summed E-state index contributed by atoms with van der Waals surface area (Å²) in [5, 5.41) is 18.7. The van der Waals surface area contributed by atoms with Crippen molar-refractivity contribution >= 4 is 5.97 Å². The molecule has 0 saturated heterocycles. The summed E-state index contributed by atoms with van der Waals surface area (Å²) in [6, 6.07) is 0. The van der Waals surface area contributed by atoms with E-state index in [1.165, 1.54) is 5.57 Å². The van der Waals surface area contributed by atoms with Crippen LogP contribution in [-0.4, -0.2) is 22.3 Å². The van der Waals surface area contributed by atoms with Gasteiger partial charge in [-0.15, -0.1) is 0 Å². The van der Waals surface area contributed by atoms with Gasteiger partial charge in [-0.25, -0.2) is 0 Å². The number of hydrogen-bond acceptors (Lipinski definition) is 2. The fraction of sp³-hybridized carbons (Fsp3) is 0.643. The van der Waals surface area contributed by atoms with Gasteiger partial charge in [-0.05, 0) is 40.0 Å². The lowest BCUT2D eigenvalue weighted by molar-refractivity contribution is -0.144. The van der Waals surface area contributed by atoms with Gasteiger partial charge in [0.2, 0.25) is 0 Å². The van der Waals surface area contributed by atoms with Crippen molar-refractivity contribution in [1.29, 1.82) is 0 Å². The Balaban J connectivity index is 4.35. The van der Waals surface area contributed by atoms with Crippen LogP contribution >= 0.6 is 0 Å². The SMILES string of the molecule is CCC(C(=O)O)C(O)/C=C(\C)CCC=C(C)C. The van der Waals surface area contributed by atoms with E-state index in [1.54, 1.807) is 13.0 Å². The Morgan fingerprint density at radius 1 is 1.29 bits per heavy atom. The minimum Gasteiger partial charge on any atom is -0.481 e. The lowest BCUT2D eigenvalue weighted by Gasteiger charge is -2.14.